The summed E-state index contributed by atoms with van der Waals surface area (Å²) in [6.45, 7) is 4.21. The van der Waals surface area contributed by atoms with Crippen molar-refractivity contribution >= 4 is 5.91 Å². The summed E-state index contributed by atoms with van der Waals surface area (Å²) in [4.78, 5) is 14.8. The average Bonchev–Trinajstić information content (AvgIpc) is 2.92. The van der Waals surface area contributed by atoms with Crippen molar-refractivity contribution in [2.45, 2.75) is 51.4 Å². The summed E-state index contributed by atoms with van der Waals surface area (Å²) in [6.07, 6.45) is 10.1. The van der Waals surface area contributed by atoms with Crippen LogP contribution in [0.15, 0.2) is 0 Å². The molecule has 0 unspecified atom stereocenters. The first kappa shape index (κ1) is 12.5. The molecule has 2 heterocycles. The molecule has 18 heavy (non-hydrogen) atoms. The largest absolute Gasteiger partial charge is 0.342 e. The molecule has 1 saturated carbocycles. The Morgan fingerprint density at radius 2 is 1.89 bits per heavy atom. The van der Waals surface area contributed by atoms with E-state index in [1.807, 2.05) is 0 Å². The summed E-state index contributed by atoms with van der Waals surface area (Å²) in [5, 5.41) is 3.40. The second-order valence-corrected chi connectivity index (χ2v) is 6.59. The van der Waals surface area contributed by atoms with Gasteiger partial charge in [0.15, 0.2) is 0 Å². The van der Waals surface area contributed by atoms with Crippen LogP contribution in [0.1, 0.15) is 51.4 Å². The molecule has 102 valence electrons. The third-order valence-electron chi connectivity index (χ3n) is 5.34. The Hall–Kier alpha value is -0.570. The molecule has 3 aliphatic rings. The Labute approximate surface area is 110 Å². The van der Waals surface area contributed by atoms with E-state index < -0.39 is 0 Å². The smallest absolute Gasteiger partial charge is 0.225 e. The van der Waals surface area contributed by atoms with E-state index in [0.29, 0.717) is 17.2 Å². The third-order valence-corrected chi connectivity index (χ3v) is 5.34. The molecule has 3 fully saturated rings. The first-order valence-corrected chi connectivity index (χ1v) is 7.79. The van der Waals surface area contributed by atoms with Crippen LogP contribution in [0.5, 0.6) is 0 Å². The van der Waals surface area contributed by atoms with Crippen LogP contribution < -0.4 is 5.32 Å². The van der Waals surface area contributed by atoms with Crippen molar-refractivity contribution in [3.63, 3.8) is 0 Å². The monoisotopic (exact) mass is 250 g/mol. The first-order chi connectivity index (χ1) is 8.79. The van der Waals surface area contributed by atoms with Gasteiger partial charge in [-0.1, -0.05) is 12.8 Å². The Bertz CT molecular complexity index is 302. The third kappa shape index (κ3) is 2.42. The zero-order chi connectivity index (χ0) is 12.4. The molecule has 1 N–H and O–H groups in total. The Morgan fingerprint density at radius 1 is 1.06 bits per heavy atom. The van der Waals surface area contributed by atoms with Gasteiger partial charge in [-0.25, -0.2) is 0 Å². The Morgan fingerprint density at radius 3 is 2.72 bits per heavy atom. The number of carbonyl (C=O) groups is 1. The van der Waals surface area contributed by atoms with Gasteiger partial charge in [0, 0.05) is 19.0 Å². The summed E-state index contributed by atoms with van der Waals surface area (Å²) in [6, 6.07) is 0. The van der Waals surface area contributed by atoms with Crippen molar-refractivity contribution in [2.75, 3.05) is 26.2 Å². The maximum absolute atomic E-state index is 12.6. The molecular weight excluding hydrogens is 224 g/mol. The molecule has 0 aromatic carbocycles. The molecule has 1 atom stereocenters. The van der Waals surface area contributed by atoms with E-state index in [-0.39, 0.29) is 0 Å². The summed E-state index contributed by atoms with van der Waals surface area (Å²) in [5.41, 5.74) is 0.526. The van der Waals surface area contributed by atoms with Gasteiger partial charge in [-0.3, -0.25) is 4.79 Å². The lowest BCUT2D eigenvalue weighted by Crippen LogP contribution is -2.36. The van der Waals surface area contributed by atoms with E-state index in [4.69, 9.17) is 0 Å². The summed E-state index contributed by atoms with van der Waals surface area (Å²) in [7, 11) is 0. The molecule has 3 rings (SSSR count). The zero-order valence-electron chi connectivity index (χ0n) is 11.4. The molecule has 1 spiro atoms. The highest BCUT2D eigenvalue weighted by Gasteiger charge is 2.42. The zero-order valence-corrected chi connectivity index (χ0v) is 11.4. The lowest BCUT2D eigenvalue weighted by molar-refractivity contribution is -0.135. The van der Waals surface area contributed by atoms with Crippen LogP contribution in [-0.2, 0) is 4.79 Å². The fraction of sp³-hybridized carbons (Fsp3) is 0.933. The van der Waals surface area contributed by atoms with Gasteiger partial charge in [0.05, 0.1) is 0 Å². The summed E-state index contributed by atoms with van der Waals surface area (Å²) >= 11 is 0. The van der Waals surface area contributed by atoms with Crippen molar-refractivity contribution in [3.05, 3.63) is 0 Å². The summed E-state index contributed by atoms with van der Waals surface area (Å²) < 4.78 is 0. The van der Waals surface area contributed by atoms with Crippen LogP contribution in [0.25, 0.3) is 0 Å². The molecule has 0 aromatic rings. The minimum atomic E-state index is 0.302. The van der Waals surface area contributed by atoms with Crippen molar-refractivity contribution in [3.8, 4) is 0 Å². The lowest BCUT2D eigenvalue weighted by atomic mass is 9.85. The number of likely N-dealkylation sites (tertiary alicyclic amines) is 1. The molecule has 0 bridgehead atoms. The van der Waals surface area contributed by atoms with E-state index >= 15 is 0 Å². The van der Waals surface area contributed by atoms with Crippen molar-refractivity contribution in [1.29, 1.82) is 0 Å². The van der Waals surface area contributed by atoms with Gasteiger partial charge in [0.25, 0.3) is 0 Å². The average molecular weight is 250 g/mol. The number of rotatable bonds is 1. The number of nitrogens with one attached hydrogen (secondary N) is 1. The number of carbonyl (C=O) groups excluding carboxylic acids is 1. The van der Waals surface area contributed by atoms with Gasteiger partial charge in [0.1, 0.15) is 0 Å². The van der Waals surface area contributed by atoms with Crippen LogP contribution in [0.2, 0.25) is 0 Å². The highest BCUT2D eigenvalue weighted by molar-refractivity contribution is 5.79. The van der Waals surface area contributed by atoms with Gasteiger partial charge < -0.3 is 10.2 Å². The van der Waals surface area contributed by atoms with Crippen LogP contribution in [0, 0.1) is 11.3 Å². The van der Waals surface area contributed by atoms with Crippen LogP contribution in [-0.4, -0.2) is 37.0 Å². The molecule has 0 radical (unpaired) electrons. The fourth-order valence-electron chi connectivity index (χ4n) is 4.18. The van der Waals surface area contributed by atoms with Crippen molar-refractivity contribution in [2.24, 2.45) is 11.3 Å². The van der Waals surface area contributed by atoms with Crippen molar-refractivity contribution < 1.29 is 4.79 Å². The molecule has 2 aliphatic heterocycles. The standard InChI is InChI=1S/C15H26N2O/c18-14(13-4-3-9-16-10-5-13)17-11-8-15(12-17)6-1-2-7-15/h13,16H,1-12H2/t13-/m1/s1. The predicted octanol–water partition coefficient (Wildman–Crippen LogP) is 2.17. The van der Waals surface area contributed by atoms with E-state index in [1.165, 1.54) is 32.1 Å². The van der Waals surface area contributed by atoms with Gasteiger partial charge in [-0.05, 0) is 57.0 Å². The quantitative estimate of drug-likeness (QED) is 0.773. The maximum atomic E-state index is 12.6. The molecule has 3 nitrogen and oxygen atoms in total. The highest BCUT2D eigenvalue weighted by atomic mass is 16.2. The SMILES string of the molecule is O=C([C@@H]1CCCNCC1)N1CCC2(CCCC2)C1. The Kier molecular flexibility index (Phi) is 3.60. The van der Waals surface area contributed by atoms with E-state index in [9.17, 15) is 4.79 Å². The van der Waals surface area contributed by atoms with Crippen LogP contribution >= 0.6 is 0 Å². The van der Waals surface area contributed by atoms with Crippen molar-refractivity contribution in [1.82, 2.24) is 10.2 Å². The maximum Gasteiger partial charge on any atom is 0.225 e. The second-order valence-electron chi connectivity index (χ2n) is 6.59. The van der Waals surface area contributed by atoms with Gasteiger partial charge in [-0.15, -0.1) is 0 Å². The predicted molar refractivity (Wildman–Crippen MR) is 72.3 cm³/mol. The topological polar surface area (TPSA) is 32.3 Å². The van der Waals surface area contributed by atoms with Crippen LogP contribution in [0.3, 0.4) is 0 Å². The lowest BCUT2D eigenvalue weighted by Gasteiger charge is -2.26. The first-order valence-electron chi connectivity index (χ1n) is 7.79. The van der Waals surface area contributed by atoms with E-state index in [2.05, 4.69) is 10.2 Å². The van der Waals surface area contributed by atoms with Gasteiger partial charge in [-0.2, -0.15) is 0 Å². The normalized spacial score (nSPS) is 31.8. The summed E-state index contributed by atoms with van der Waals surface area (Å²) in [5.74, 6) is 0.763. The Balaban J connectivity index is 1.59. The van der Waals surface area contributed by atoms with E-state index in [0.717, 1.165) is 45.4 Å². The minimum absolute atomic E-state index is 0.302. The van der Waals surface area contributed by atoms with Gasteiger partial charge in [0.2, 0.25) is 5.91 Å². The molecule has 1 amide bonds. The van der Waals surface area contributed by atoms with Crippen LogP contribution in [0.4, 0.5) is 0 Å². The number of hydrogen-bond acceptors (Lipinski definition) is 2. The minimum Gasteiger partial charge on any atom is -0.342 e. The molecule has 1 aliphatic carbocycles. The van der Waals surface area contributed by atoms with Gasteiger partial charge >= 0.3 is 0 Å². The molecular formula is C15H26N2O. The molecule has 0 aromatic heterocycles. The molecule has 3 heteroatoms. The number of hydrogen-bond donors (Lipinski definition) is 1. The number of nitrogens with zero attached hydrogens (tertiary/aromatic N) is 1. The van der Waals surface area contributed by atoms with E-state index in [1.54, 1.807) is 0 Å². The fourth-order valence-corrected chi connectivity index (χ4v) is 4.18. The number of amides is 1. The second kappa shape index (κ2) is 5.20. The highest BCUT2D eigenvalue weighted by Crippen LogP contribution is 2.45. The molecule has 2 saturated heterocycles.